The maximum Gasteiger partial charge on any atom is 0.410 e. The summed E-state index contributed by atoms with van der Waals surface area (Å²) < 4.78 is 5.45. The van der Waals surface area contributed by atoms with E-state index in [4.69, 9.17) is 16.3 Å². The average molecular weight is 351 g/mol. The molecule has 2 aromatic rings. The van der Waals surface area contributed by atoms with Crippen LogP contribution in [0.5, 0.6) is 0 Å². The number of nitrogens with one attached hydrogen (secondary N) is 1. The molecule has 1 N–H and O–H groups in total. The lowest BCUT2D eigenvalue weighted by Gasteiger charge is -2.33. The van der Waals surface area contributed by atoms with Gasteiger partial charge in [-0.3, -0.25) is 0 Å². The van der Waals surface area contributed by atoms with Crippen LogP contribution in [-0.2, 0) is 4.74 Å². The number of hydrogen-bond donors (Lipinski definition) is 1. The quantitative estimate of drug-likeness (QED) is 0.842. The lowest BCUT2D eigenvalue weighted by atomic mass is 9.91. The number of aryl methyl sites for hydroxylation is 1. The highest BCUT2D eigenvalue weighted by molar-refractivity contribution is 6.29. The fourth-order valence-electron chi connectivity index (χ4n) is 3.20. The van der Waals surface area contributed by atoms with E-state index < -0.39 is 5.60 Å². The monoisotopic (exact) mass is 350 g/mol. The first-order valence-corrected chi connectivity index (χ1v) is 8.62. The predicted octanol–water partition coefficient (Wildman–Crippen LogP) is 4.03. The van der Waals surface area contributed by atoms with Crippen molar-refractivity contribution in [3.63, 3.8) is 0 Å². The predicted molar refractivity (Wildman–Crippen MR) is 93.4 cm³/mol. The number of piperidine rings is 1. The summed E-state index contributed by atoms with van der Waals surface area (Å²) >= 11 is 5.95. The summed E-state index contributed by atoms with van der Waals surface area (Å²) in [6, 6.07) is 1.84. The second kappa shape index (κ2) is 6.24. The minimum atomic E-state index is -0.459. The fourth-order valence-corrected chi connectivity index (χ4v) is 3.34. The normalized spacial score (nSPS) is 16.6. The van der Waals surface area contributed by atoms with Crippen molar-refractivity contribution in [3.05, 3.63) is 22.5 Å². The summed E-state index contributed by atoms with van der Waals surface area (Å²) in [6.45, 7) is 9.13. The molecule has 1 amide bonds. The molecule has 6 nitrogen and oxygen atoms in total. The molecule has 1 saturated heterocycles. The molecule has 0 saturated carbocycles. The molecule has 130 valence electrons. The molecular weight excluding hydrogens is 328 g/mol. The Morgan fingerprint density at radius 2 is 2.00 bits per heavy atom. The van der Waals surface area contributed by atoms with E-state index in [0.717, 1.165) is 29.4 Å². The first kappa shape index (κ1) is 17.0. The molecule has 3 heterocycles. The summed E-state index contributed by atoms with van der Waals surface area (Å²) in [6.07, 6.45) is 1.56. The number of nitrogens with zero attached hydrogens (tertiary/aromatic N) is 3. The summed E-state index contributed by atoms with van der Waals surface area (Å²) in [7, 11) is 0. The number of H-pyrrole nitrogens is 1. The molecule has 2 aromatic heterocycles. The third kappa shape index (κ3) is 3.48. The summed E-state index contributed by atoms with van der Waals surface area (Å²) in [5.74, 6) is 0.372. The van der Waals surface area contributed by atoms with Crippen molar-refractivity contribution in [1.29, 1.82) is 0 Å². The molecule has 1 aliphatic heterocycles. The number of halogens is 1. The number of carbonyl (C=O) groups excluding carboxylic acids is 1. The first-order chi connectivity index (χ1) is 11.2. The van der Waals surface area contributed by atoms with Crippen LogP contribution in [-0.4, -0.2) is 44.9 Å². The second-order valence-electron chi connectivity index (χ2n) is 7.33. The molecule has 24 heavy (non-hydrogen) atoms. The third-order valence-electron chi connectivity index (χ3n) is 4.38. The molecule has 0 spiro atoms. The standard InChI is InChI=1S/C17H23ClN4O2/c1-10-12-9-13(18)20-21-15(12)19-14(10)11-5-7-22(8-6-11)16(23)24-17(2,3)4/h9,11H,5-8H2,1-4H3,(H,19,21). The van der Waals surface area contributed by atoms with Crippen molar-refractivity contribution >= 4 is 28.7 Å². The number of likely N-dealkylation sites (tertiary alicyclic amines) is 1. The van der Waals surface area contributed by atoms with Gasteiger partial charge in [-0.2, -0.15) is 0 Å². The molecule has 3 rings (SSSR count). The van der Waals surface area contributed by atoms with Gasteiger partial charge in [0.15, 0.2) is 10.8 Å². The smallest absolute Gasteiger partial charge is 0.410 e. The Labute approximate surface area is 146 Å². The Kier molecular flexibility index (Phi) is 4.42. The third-order valence-corrected chi connectivity index (χ3v) is 4.56. The van der Waals surface area contributed by atoms with E-state index in [-0.39, 0.29) is 6.09 Å². The average Bonchev–Trinajstić information content (AvgIpc) is 2.83. The van der Waals surface area contributed by atoms with Crippen LogP contribution in [0, 0.1) is 6.92 Å². The molecule has 0 unspecified atom stereocenters. The van der Waals surface area contributed by atoms with Crippen LogP contribution in [0.4, 0.5) is 4.79 Å². The number of rotatable bonds is 1. The highest BCUT2D eigenvalue weighted by atomic mass is 35.5. The van der Waals surface area contributed by atoms with E-state index in [1.165, 1.54) is 5.69 Å². The molecular formula is C17H23ClN4O2. The maximum atomic E-state index is 12.2. The number of aromatic nitrogens is 3. The zero-order valence-corrected chi connectivity index (χ0v) is 15.3. The number of carbonyl (C=O) groups is 1. The molecule has 0 radical (unpaired) electrons. The highest BCUT2D eigenvalue weighted by Gasteiger charge is 2.29. The van der Waals surface area contributed by atoms with E-state index in [0.29, 0.717) is 24.2 Å². The molecule has 0 bridgehead atoms. The van der Waals surface area contributed by atoms with Crippen LogP contribution in [0.2, 0.25) is 5.15 Å². The van der Waals surface area contributed by atoms with Crippen molar-refractivity contribution in [3.8, 4) is 0 Å². The number of hydrogen-bond acceptors (Lipinski definition) is 4. The molecule has 0 aliphatic carbocycles. The molecule has 0 atom stereocenters. The van der Waals surface area contributed by atoms with Gasteiger partial charge >= 0.3 is 6.09 Å². The van der Waals surface area contributed by atoms with Crippen LogP contribution in [0.3, 0.4) is 0 Å². The summed E-state index contributed by atoms with van der Waals surface area (Å²) in [5, 5.41) is 9.42. The molecule has 1 fully saturated rings. The maximum absolute atomic E-state index is 12.2. The second-order valence-corrected chi connectivity index (χ2v) is 7.72. The lowest BCUT2D eigenvalue weighted by molar-refractivity contribution is 0.0204. The van der Waals surface area contributed by atoms with Crippen molar-refractivity contribution in [2.75, 3.05) is 13.1 Å². The van der Waals surface area contributed by atoms with Gasteiger partial charge in [-0.15, -0.1) is 10.2 Å². The van der Waals surface area contributed by atoms with Gasteiger partial charge in [0.2, 0.25) is 0 Å². The van der Waals surface area contributed by atoms with Gasteiger partial charge in [0.05, 0.1) is 0 Å². The van der Waals surface area contributed by atoms with Crippen molar-refractivity contribution in [1.82, 2.24) is 20.1 Å². The Hall–Kier alpha value is -1.82. The van der Waals surface area contributed by atoms with Gasteiger partial charge in [-0.05, 0) is 52.2 Å². The summed E-state index contributed by atoms with van der Waals surface area (Å²) in [4.78, 5) is 17.3. The van der Waals surface area contributed by atoms with Crippen molar-refractivity contribution < 1.29 is 9.53 Å². The van der Waals surface area contributed by atoms with Gasteiger partial charge in [-0.1, -0.05) is 11.6 Å². The number of ether oxygens (including phenoxy) is 1. The van der Waals surface area contributed by atoms with E-state index in [1.54, 1.807) is 4.90 Å². The van der Waals surface area contributed by atoms with Gasteiger partial charge in [0, 0.05) is 30.1 Å². The number of fused-ring (bicyclic) bond motifs is 1. The topological polar surface area (TPSA) is 71.1 Å². The Bertz CT molecular complexity index is 758. The zero-order valence-electron chi connectivity index (χ0n) is 14.5. The summed E-state index contributed by atoms with van der Waals surface area (Å²) in [5.41, 5.74) is 2.64. The SMILES string of the molecule is Cc1c(C2CCN(C(=O)OC(C)(C)C)CC2)[nH]c2nnc(Cl)cc12. The minimum Gasteiger partial charge on any atom is -0.444 e. The largest absolute Gasteiger partial charge is 0.444 e. The van der Waals surface area contributed by atoms with Crippen LogP contribution in [0.1, 0.15) is 50.8 Å². The van der Waals surface area contributed by atoms with E-state index in [2.05, 4.69) is 22.1 Å². The Morgan fingerprint density at radius 1 is 1.33 bits per heavy atom. The molecule has 7 heteroatoms. The van der Waals surface area contributed by atoms with Crippen molar-refractivity contribution in [2.24, 2.45) is 0 Å². The fraction of sp³-hybridized carbons (Fsp3) is 0.588. The van der Waals surface area contributed by atoms with Crippen LogP contribution >= 0.6 is 11.6 Å². The molecule has 1 aliphatic rings. The minimum absolute atomic E-state index is 0.230. The van der Waals surface area contributed by atoms with Gasteiger partial charge in [0.1, 0.15) is 5.60 Å². The van der Waals surface area contributed by atoms with Crippen molar-refractivity contribution in [2.45, 2.75) is 52.1 Å². The number of amides is 1. The Morgan fingerprint density at radius 3 is 2.62 bits per heavy atom. The highest BCUT2D eigenvalue weighted by Crippen LogP contribution is 2.33. The van der Waals surface area contributed by atoms with Crippen LogP contribution in [0.15, 0.2) is 6.07 Å². The van der Waals surface area contributed by atoms with Crippen LogP contribution < -0.4 is 0 Å². The first-order valence-electron chi connectivity index (χ1n) is 8.24. The van der Waals surface area contributed by atoms with E-state index in [1.807, 2.05) is 26.8 Å². The zero-order chi connectivity index (χ0) is 17.5. The van der Waals surface area contributed by atoms with E-state index in [9.17, 15) is 4.79 Å². The van der Waals surface area contributed by atoms with Gasteiger partial charge in [-0.25, -0.2) is 4.79 Å². The molecule has 0 aromatic carbocycles. The van der Waals surface area contributed by atoms with Gasteiger partial charge < -0.3 is 14.6 Å². The lowest BCUT2D eigenvalue weighted by Crippen LogP contribution is -2.41. The van der Waals surface area contributed by atoms with Gasteiger partial charge in [0.25, 0.3) is 0 Å². The van der Waals surface area contributed by atoms with E-state index >= 15 is 0 Å². The number of aromatic amines is 1. The van der Waals surface area contributed by atoms with Crippen LogP contribution in [0.25, 0.3) is 11.0 Å². The Balaban J connectivity index is 1.71.